The number of carbonyl (C=O) groups excluding carboxylic acids is 1. The van der Waals surface area contributed by atoms with E-state index < -0.39 is 15.8 Å². The first kappa shape index (κ1) is 26.3. The summed E-state index contributed by atoms with van der Waals surface area (Å²) in [5.74, 6) is 0.659. The van der Waals surface area contributed by atoms with Crippen molar-refractivity contribution < 1.29 is 17.6 Å². The minimum absolute atomic E-state index is 0.0529. The molecule has 0 heterocycles. The molecule has 0 aliphatic carbocycles. The number of nitrogens with zero attached hydrogens (tertiary/aromatic N) is 1. The van der Waals surface area contributed by atoms with Crippen LogP contribution in [0.3, 0.4) is 0 Å². The van der Waals surface area contributed by atoms with Gasteiger partial charge in [-0.1, -0.05) is 41.4 Å². The van der Waals surface area contributed by atoms with Gasteiger partial charge in [-0.05, 0) is 59.7 Å². The Morgan fingerprint density at radius 2 is 1.62 bits per heavy atom. The van der Waals surface area contributed by atoms with Crippen molar-refractivity contribution in [2.45, 2.75) is 12.3 Å². The van der Waals surface area contributed by atoms with Crippen molar-refractivity contribution >= 4 is 56.6 Å². The Morgan fingerprint density at radius 3 is 2.21 bits per heavy atom. The molecule has 3 aromatic carbocycles. The van der Waals surface area contributed by atoms with Gasteiger partial charge < -0.3 is 5.32 Å². The Labute approximate surface area is 213 Å². The standard InChI is InChI=1S/C24H23Cl2FN2O3S2/c1-34(31,32)29(15-17-5-9-19(27)10-6-17)20-11-7-18(8-12-20)24(30)28-13-14-33-16-21-22(25)3-2-4-23(21)26/h2-12H,13-16H2,1H3,(H,28,30). The zero-order valence-electron chi connectivity index (χ0n) is 18.3. The third kappa shape index (κ3) is 7.37. The summed E-state index contributed by atoms with van der Waals surface area (Å²) in [4.78, 5) is 12.5. The van der Waals surface area contributed by atoms with Crippen molar-refractivity contribution in [3.8, 4) is 0 Å². The molecule has 0 atom stereocenters. The van der Waals surface area contributed by atoms with E-state index >= 15 is 0 Å². The molecule has 0 bridgehead atoms. The molecule has 0 aliphatic rings. The predicted molar refractivity (Wildman–Crippen MR) is 139 cm³/mol. The number of rotatable bonds is 10. The van der Waals surface area contributed by atoms with Gasteiger partial charge in [0.05, 0.1) is 18.5 Å². The number of thioether (sulfide) groups is 1. The van der Waals surface area contributed by atoms with E-state index in [-0.39, 0.29) is 12.5 Å². The number of amides is 1. The van der Waals surface area contributed by atoms with Crippen molar-refractivity contribution in [2.24, 2.45) is 0 Å². The summed E-state index contributed by atoms with van der Waals surface area (Å²) in [7, 11) is -3.59. The molecule has 0 unspecified atom stereocenters. The fourth-order valence-electron chi connectivity index (χ4n) is 3.12. The highest BCUT2D eigenvalue weighted by Crippen LogP contribution is 2.28. The first-order chi connectivity index (χ1) is 16.1. The summed E-state index contributed by atoms with van der Waals surface area (Å²) in [5.41, 5.74) is 2.34. The molecule has 34 heavy (non-hydrogen) atoms. The number of halogens is 3. The van der Waals surface area contributed by atoms with Crippen LogP contribution in [0.2, 0.25) is 10.0 Å². The van der Waals surface area contributed by atoms with Gasteiger partial charge in [0.1, 0.15) is 5.82 Å². The van der Waals surface area contributed by atoms with E-state index in [1.165, 1.54) is 28.6 Å². The first-order valence-corrected chi connectivity index (χ1v) is 14.0. The number of hydrogen-bond donors (Lipinski definition) is 1. The van der Waals surface area contributed by atoms with Gasteiger partial charge in [-0.15, -0.1) is 0 Å². The van der Waals surface area contributed by atoms with Crippen molar-refractivity contribution in [1.29, 1.82) is 0 Å². The van der Waals surface area contributed by atoms with E-state index in [0.717, 1.165) is 11.8 Å². The number of benzene rings is 3. The van der Waals surface area contributed by atoms with Crippen LogP contribution in [-0.2, 0) is 22.3 Å². The molecule has 0 saturated heterocycles. The van der Waals surface area contributed by atoms with Crippen LogP contribution >= 0.6 is 35.0 Å². The minimum atomic E-state index is -3.59. The number of hydrogen-bond acceptors (Lipinski definition) is 4. The van der Waals surface area contributed by atoms with E-state index in [1.54, 1.807) is 54.2 Å². The number of sulfonamides is 1. The molecule has 0 aliphatic heterocycles. The molecule has 1 N–H and O–H groups in total. The third-order valence-electron chi connectivity index (χ3n) is 4.90. The maximum Gasteiger partial charge on any atom is 0.251 e. The van der Waals surface area contributed by atoms with E-state index in [1.807, 2.05) is 0 Å². The summed E-state index contributed by atoms with van der Waals surface area (Å²) >= 11 is 13.9. The van der Waals surface area contributed by atoms with Crippen LogP contribution in [0.4, 0.5) is 10.1 Å². The lowest BCUT2D eigenvalue weighted by atomic mass is 10.1. The second-order valence-electron chi connectivity index (χ2n) is 7.45. The highest BCUT2D eigenvalue weighted by molar-refractivity contribution is 7.98. The molecule has 0 fully saturated rings. The molecule has 3 aromatic rings. The van der Waals surface area contributed by atoms with E-state index in [4.69, 9.17) is 23.2 Å². The van der Waals surface area contributed by atoms with Gasteiger partial charge in [-0.2, -0.15) is 11.8 Å². The van der Waals surface area contributed by atoms with Crippen LogP contribution in [0.1, 0.15) is 21.5 Å². The van der Waals surface area contributed by atoms with Crippen LogP contribution in [0, 0.1) is 5.82 Å². The summed E-state index contributed by atoms with van der Waals surface area (Å²) in [6.07, 6.45) is 1.10. The lowest BCUT2D eigenvalue weighted by Crippen LogP contribution is -2.29. The minimum Gasteiger partial charge on any atom is -0.351 e. The van der Waals surface area contributed by atoms with Crippen LogP contribution in [0.5, 0.6) is 0 Å². The maximum absolute atomic E-state index is 13.2. The molecule has 0 aromatic heterocycles. The summed E-state index contributed by atoms with van der Waals surface area (Å²) in [6.45, 7) is 0.505. The normalized spacial score (nSPS) is 11.3. The molecule has 3 rings (SSSR count). The summed E-state index contributed by atoms with van der Waals surface area (Å²) < 4.78 is 39.0. The SMILES string of the molecule is CS(=O)(=O)N(Cc1ccc(F)cc1)c1ccc(C(=O)NCCSCc2c(Cl)cccc2Cl)cc1. The quantitative estimate of drug-likeness (QED) is 0.332. The first-order valence-electron chi connectivity index (χ1n) is 10.3. The van der Waals surface area contributed by atoms with E-state index in [0.29, 0.717) is 44.9 Å². The molecule has 5 nitrogen and oxygen atoms in total. The van der Waals surface area contributed by atoms with Gasteiger partial charge in [0.25, 0.3) is 5.91 Å². The number of anilines is 1. The van der Waals surface area contributed by atoms with E-state index in [2.05, 4.69) is 5.32 Å². The van der Waals surface area contributed by atoms with Gasteiger partial charge in [0.2, 0.25) is 10.0 Å². The highest BCUT2D eigenvalue weighted by Gasteiger charge is 2.18. The Hall–Kier alpha value is -2.26. The van der Waals surface area contributed by atoms with Crippen LogP contribution in [-0.4, -0.2) is 32.9 Å². The fraction of sp³-hybridized carbons (Fsp3) is 0.208. The fourth-order valence-corrected chi connectivity index (χ4v) is 5.60. The monoisotopic (exact) mass is 540 g/mol. The number of nitrogens with one attached hydrogen (secondary N) is 1. The van der Waals surface area contributed by atoms with Crippen LogP contribution in [0.15, 0.2) is 66.7 Å². The summed E-state index contributed by atoms with van der Waals surface area (Å²) in [5, 5.41) is 4.08. The molecule has 0 saturated carbocycles. The van der Waals surface area contributed by atoms with Gasteiger partial charge in [-0.25, -0.2) is 12.8 Å². The average Bonchev–Trinajstić information content (AvgIpc) is 2.79. The molecular formula is C24H23Cl2FN2O3S2. The summed E-state index contributed by atoms with van der Waals surface area (Å²) in [6, 6.07) is 17.3. The lowest BCUT2D eigenvalue weighted by molar-refractivity contribution is 0.0956. The third-order valence-corrected chi connectivity index (χ3v) is 7.73. The zero-order valence-corrected chi connectivity index (χ0v) is 21.4. The molecule has 1 amide bonds. The van der Waals surface area contributed by atoms with Crippen molar-refractivity contribution in [1.82, 2.24) is 5.32 Å². The van der Waals surface area contributed by atoms with E-state index in [9.17, 15) is 17.6 Å². The molecule has 0 spiro atoms. The van der Waals surface area contributed by atoms with Gasteiger partial charge in [-0.3, -0.25) is 9.10 Å². The second kappa shape index (κ2) is 11.9. The van der Waals surface area contributed by atoms with Crippen molar-refractivity contribution in [3.05, 3.63) is 99.3 Å². The molecule has 0 radical (unpaired) electrons. The molecule has 180 valence electrons. The maximum atomic E-state index is 13.2. The van der Waals surface area contributed by atoms with Gasteiger partial charge >= 0.3 is 0 Å². The largest absolute Gasteiger partial charge is 0.351 e. The smallest absolute Gasteiger partial charge is 0.251 e. The van der Waals surface area contributed by atoms with Crippen molar-refractivity contribution in [3.63, 3.8) is 0 Å². The average molecular weight is 541 g/mol. The second-order valence-corrected chi connectivity index (χ2v) is 11.3. The highest BCUT2D eigenvalue weighted by atomic mass is 35.5. The molecular weight excluding hydrogens is 518 g/mol. The zero-order chi connectivity index (χ0) is 24.7. The lowest BCUT2D eigenvalue weighted by Gasteiger charge is -2.22. The Kier molecular flexibility index (Phi) is 9.24. The predicted octanol–water partition coefficient (Wildman–Crippen LogP) is 5.76. The van der Waals surface area contributed by atoms with Gasteiger partial charge in [0.15, 0.2) is 0 Å². The topological polar surface area (TPSA) is 66.5 Å². The Morgan fingerprint density at radius 1 is 1.00 bits per heavy atom. The molecule has 10 heteroatoms. The van der Waals surface area contributed by atoms with Crippen molar-refractivity contribution in [2.75, 3.05) is 22.9 Å². The Bertz CT molecular complexity index is 1220. The van der Waals surface area contributed by atoms with Gasteiger partial charge in [0, 0.05) is 33.7 Å². The van der Waals surface area contributed by atoms with Crippen LogP contribution < -0.4 is 9.62 Å². The van der Waals surface area contributed by atoms with Crippen LogP contribution in [0.25, 0.3) is 0 Å². The number of carbonyl (C=O) groups is 1. The Balaban J connectivity index is 1.55.